The number of aromatic nitrogens is 1. The second-order valence-corrected chi connectivity index (χ2v) is 4.04. The summed E-state index contributed by atoms with van der Waals surface area (Å²) in [6, 6.07) is 13.5. The fourth-order valence-electron chi connectivity index (χ4n) is 2.06. The van der Waals surface area contributed by atoms with Gasteiger partial charge in [-0.05, 0) is 29.8 Å². The molecule has 0 atom stereocenters. The van der Waals surface area contributed by atoms with E-state index in [0.717, 1.165) is 22.5 Å². The predicted molar refractivity (Wildman–Crippen MR) is 68.8 cm³/mol. The third-order valence-electron chi connectivity index (χ3n) is 2.89. The second-order valence-electron chi connectivity index (χ2n) is 4.04. The van der Waals surface area contributed by atoms with Crippen molar-refractivity contribution in [2.24, 2.45) is 0 Å². The summed E-state index contributed by atoms with van der Waals surface area (Å²) in [4.78, 5) is 4.24. The van der Waals surface area contributed by atoms with Crippen LogP contribution in [0.1, 0.15) is 0 Å². The Bertz CT molecular complexity index is 719. The average molecular weight is 239 g/mol. The van der Waals surface area contributed by atoms with Gasteiger partial charge in [0.2, 0.25) is 0 Å². The van der Waals surface area contributed by atoms with Crippen LogP contribution in [0.15, 0.2) is 54.7 Å². The van der Waals surface area contributed by atoms with Crippen LogP contribution in [0.3, 0.4) is 0 Å². The highest BCUT2D eigenvalue weighted by atomic mass is 19.1. The Morgan fingerprint density at radius 1 is 0.944 bits per heavy atom. The van der Waals surface area contributed by atoms with E-state index in [1.807, 2.05) is 30.3 Å². The maximum Gasteiger partial charge on any atom is 0.134 e. The first-order valence-electron chi connectivity index (χ1n) is 5.58. The Hall–Kier alpha value is -2.42. The lowest BCUT2D eigenvalue weighted by Crippen LogP contribution is -1.87. The molecule has 0 bridgehead atoms. The van der Waals surface area contributed by atoms with Gasteiger partial charge in [0.05, 0.1) is 5.52 Å². The summed E-state index contributed by atoms with van der Waals surface area (Å²) in [5.74, 6) is -0.513. The summed E-state index contributed by atoms with van der Waals surface area (Å²) >= 11 is 0. The molecule has 3 heteroatoms. The van der Waals surface area contributed by atoms with Gasteiger partial charge in [0.15, 0.2) is 0 Å². The molecule has 0 saturated carbocycles. The van der Waals surface area contributed by atoms with Crippen LogP contribution in [-0.2, 0) is 0 Å². The average Bonchev–Trinajstić information content (AvgIpc) is 2.38. The topological polar surface area (TPSA) is 33.1 Å². The van der Waals surface area contributed by atoms with Gasteiger partial charge < -0.3 is 5.11 Å². The summed E-state index contributed by atoms with van der Waals surface area (Å²) in [6.07, 6.45) is 1.71. The number of phenolic OH excluding ortho intramolecular Hbond substituents is 1. The fraction of sp³-hybridized carbons (Fsp3) is 0. The van der Waals surface area contributed by atoms with Crippen molar-refractivity contribution in [3.05, 3.63) is 60.5 Å². The molecule has 1 heterocycles. The third-order valence-corrected chi connectivity index (χ3v) is 2.89. The molecule has 0 spiro atoms. The summed E-state index contributed by atoms with van der Waals surface area (Å²) in [6.45, 7) is 0. The van der Waals surface area contributed by atoms with Gasteiger partial charge in [-0.25, -0.2) is 4.39 Å². The Kier molecular flexibility index (Phi) is 2.45. The molecule has 18 heavy (non-hydrogen) atoms. The van der Waals surface area contributed by atoms with E-state index in [4.69, 9.17) is 0 Å². The summed E-state index contributed by atoms with van der Waals surface area (Å²) < 4.78 is 13.9. The van der Waals surface area contributed by atoms with E-state index in [9.17, 15) is 9.50 Å². The first-order valence-corrected chi connectivity index (χ1v) is 5.58. The molecule has 88 valence electrons. The van der Waals surface area contributed by atoms with Gasteiger partial charge in [-0.3, -0.25) is 4.98 Å². The molecule has 1 aromatic heterocycles. The number of benzene rings is 2. The highest BCUT2D eigenvalue weighted by Crippen LogP contribution is 2.30. The zero-order valence-electron chi connectivity index (χ0n) is 9.47. The summed E-state index contributed by atoms with van der Waals surface area (Å²) in [5.41, 5.74) is 2.06. The van der Waals surface area contributed by atoms with Crippen molar-refractivity contribution in [3.8, 4) is 16.9 Å². The molecule has 3 aromatic rings. The number of halogens is 1. The number of phenols is 1. The van der Waals surface area contributed by atoms with Gasteiger partial charge in [-0.1, -0.05) is 18.2 Å². The molecule has 0 aliphatic rings. The Morgan fingerprint density at radius 3 is 2.67 bits per heavy atom. The van der Waals surface area contributed by atoms with Crippen LogP contribution in [0.5, 0.6) is 5.75 Å². The molecular weight excluding hydrogens is 229 g/mol. The van der Waals surface area contributed by atoms with E-state index in [-0.39, 0.29) is 5.75 Å². The lowest BCUT2D eigenvalue weighted by molar-refractivity contribution is 0.469. The number of rotatable bonds is 1. The van der Waals surface area contributed by atoms with Crippen molar-refractivity contribution in [1.29, 1.82) is 0 Å². The molecule has 0 fully saturated rings. The van der Waals surface area contributed by atoms with Crippen molar-refractivity contribution in [3.63, 3.8) is 0 Å². The molecule has 1 N–H and O–H groups in total. The van der Waals surface area contributed by atoms with Gasteiger partial charge in [-0.15, -0.1) is 0 Å². The molecule has 0 aliphatic carbocycles. The maximum atomic E-state index is 13.9. The highest BCUT2D eigenvalue weighted by molar-refractivity contribution is 5.94. The van der Waals surface area contributed by atoms with Crippen LogP contribution in [0, 0.1) is 5.82 Å². The number of hydrogen-bond acceptors (Lipinski definition) is 2. The van der Waals surface area contributed by atoms with Gasteiger partial charge in [0.1, 0.15) is 11.6 Å². The van der Waals surface area contributed by atoms with E-state index < -0.39 is 5.82 Å². The van der Waals surface area contributed by atoms with Gasteiger partial charge in [0.25, 0.3) is 0 Å². The Balaban J connectivity index is 2.31. The van der Waals surface area contributed by atoms with Crippen molar-refractivity contribution < 1.29 is 9.50 Å². The van der Waals surface area contributed by atoms with Crippen molar-refractivity contribution in [2.75, 3.05) is 0 Å². The maximum absolute atomic E-state index is 13.9. The zero-order chi connectivity index (χ0) is 12.5. The molecule has 0 radical (unpaired) electrons. The second kappa shape index (κ2) is 4.11. The zero-order valence-corrected chi connectivity index (χ0v) is 9.47. The quantitative estimate of drug-likeness (QED) is 0.701. The molecule has 0 saturated heterocycles. The molecule has 0 unspecified atom stereocenters. The fourth-order valence-corrected chi connectivity index (χ4v) is 2.06. The van der Waals surface area contributed by atoms with E-state index in [1.165, 1.54) is 6.07 Å². The molecular formula is C15H10FNO. The largest absolute Gasteiger partial charge is 0.508 e. The Labute approximate surface area is 103 Å². The van der Waals surface area contributed by atoms with Crippen molar-refractivity contribution in [1.82, 2.24) is 4.98 Å². The highest BCUT2D eigenvalue weighted by Gasteiger charge is 2.09. The minimum absolute atomic E-state index is 0.0744. The number of pyridine rings is 1. The van der Waals surface area contributed by atoms with Crippen molar-refractivity contribution in [2.45, 2.75) is 0 Å². The van der Waals surface area contributed by atoms with Crippen LogP contribution in [0.2, 0.25) is 0 Å². The van der Waals surface area contributed by atoms with Crippen LogP contribution >= 0.6 is 0 Å². The first kappa shape index (κ1) is 10.7. The number of fused-ring (bicyclic) bond motifs is 1. The molecule has 0 aliphatic heterocycles. The standard InChI is InChI=1S/C15H10FNO/c16-14-9-10(18)6-7-12(14)11-3-1-5-15-13(11)4-2-8-17-15/h1-9,18H. The SMILES string of the molecule is Oc1ccc(-c2cccc3ncccc23)c(F)c1. The predicted octanol–water partition coefficient (Wildman–Crippen LogP) is 3.75. The normalized spacial score (nSPS) is 10.7. The minimum atomic E-state index is -0.439. The Morgan fingerprint density at radius 2 is 1.83 bits per heavy atom. The first-order chi connectivity index (χ1) is 8.75. The lowest BCUT2D eigenvalue weighted by atomic mass is 10.00. The third kappa shape index (κ3) is 1.70. The van der Waals surface area contributed by atoms with Gasteiger partial charge in [0, 0.05) is 23.2 Å². The van der Waals surface area contributed by atoms with Crippen LogP contribution < -0.4 is 0 Å². The number of aromatic hydroxyl groups is 1. The van der Waals surface area contributed by atoms with Crippen molar-refractivity contribution >= 4 is 10.9 Å². The number of nitrogens with zero attached hydrogens (tertiary/aromatic N) is 1. The minimum Gasteiger partial charge on any atom is -0.508 e. The van der Waals surface area contributed by atoms with E-state index in [1.54, 1.807) is 12.3 Å². The van der Waals surface area contributed by atoms with Gasteiger partial charge in [-0.2, -0.15) is 0 Å². The van der Waals surface area contributed by atoms with E-state index in [2.05, 4.69) is 4.98 Å². The van der Waals surface area contributed by atoms with Crippen LogP contribution in [0.25, 0.3) is 22.0 Å². The summed E-state index contributed by atoms with van der Waals surface area (Å²) in [7, 11) is 0. The van der Waals surface area contributed by atoms with Crippen LogP contribution in [0.4, 0.5) is 4.39 Å². The lowest BCUT2D eigenvalue weighted by Gasteiger charge is -2.07. The molecule has 2 aromatic carbocycles. The van der Waals surface area contributed by atoms with E-state index >= 15 is 0 Å². The molecule has 2 nitrogen and oxygen atoms in total. The number of hydrogen-bond donors (Lipinski definition) is 1. The van der Waals surface area contributed by atoms with E-state index in [0.29, 0.717) is 5.56 Å². The summed E-state index contributed by atoms with van der Waals surface area (Å²) in [5, 5.41) is 10.1. The smallest absolute Gasteiger partial charge is 0.134 e. The molecule has 0 amide bonds. The van der Waals surface area contributed by atoms with Gasteiger partial charge >= 0.3 is 0 Å². The molecule has 3 rings (SSSR count). The van der Waals surface area contributed by atoms with Crippen LogP contribution in [-0.4, -0.2) is 10.1 Å². The monoisotopic (exact) mass is 239 g/mol.